The van der Waals surface area contributed by atoms with E-state index in [1.807, 2.05) is 0 Å². The van der Waals surface area contributed by atoms with Crippen LogP contribution in [0.3, 0.4) is 0 Å². The molecule has 3 N–H and O–H groups in total. The van der Waals surface area contributed by atoms with Crippen LogP contribution in [0.2, 0.25) is 0 Å². The lowest BCUT2D eigenvalue weighted by Crippen LogP contribution is -2.60. The van der Waals surface area contributed by atoms with Crippen molar-refractivity contribution in [2.45, 2.75) is 84.1 Å². The number of hydrogen-bond acceptors (Lipinski definition) is 2. The smallest absolute Gasteiger partial charge is 0.226 e. The summed E-state index contributed by atoms with van der Waals surface area (Å²) in [6, 6.07) is 0.350. The summed E-state index contributed by atoms with van der Waals surface area (Å²) in [4.78, 5) is 13.2. The molecule has 0 radical (unpaired) electrons. The van der Waals surface area contributed by atoms with Gasteiger partial charge in [0.25, 0.3) is 0 Å². The standard InChI is InChI=1S/C20H34N2O.ClH/c1-18-7-15-8-19(2,11-18)13-20(9-15,12-18)17(23)22-10-14-4-3-5-16(21)6-14;/h14-16H,3-13,21H2,1-2H3,(H,22,23);1H. The normalized spacial score (nSPS) is 49.5. The zero-order chi connectivity index (χ0) is 16.3. The van der Waals surface area contributed by atoms with Gasteiger partial charge < -0.3 is 11.1 Å². The van der Waals surface area contributed by atoms with Gasteiger partial charge in [-0.25, -0.2) is 0 Å². The van der Waals surface area contributed by atoms with E-state index in [-0.39, 0.29) is 17.8 Å². The molecule has 0 heterocycles. The molecule has 4 bridgehead atoms. The minimum absolute atomic E-state index is 0. The Morgan fingerprint density at radius 2 is 1.75 bits per heavy atom. The topological polar surface area (TPSA) is 55.1 Å². The van der Waals surface area contributed by atoms with Crippen molar-refractivity contribution in [1.82, 2.24) is 5.32 Å². The fourth-order valence-corrected chi connectivity index (χ4v) is 7.64. The van der Waals surface area contributed by atoms with Crippen LogP contribution in [-0.4, -0.2) is 18.5 Å². The Morgan fingerprint density at radius 3 is 2.33 bits per heavy atom. The Balaban J connectivity index is 0.00000169. The highest BCUT2D eigenvalue weighted by Gasteiger charge is 2.62. The second kappa shape index (κ2) is 6.16. The third-order valence-electron chi connectivity index (χ3n) is 7.48. The maximum atomic E-state index is 13.2. The van der Waals surface area contributed by atoms with E-state index in [0.717, 1.165) is 44.6 Å². The summed E-state index contributed by atoms with van der Waals surface area (Å²) in [5.41, 5.74) is 6.87. The van der Waals surface area contributed by atoms with Crippen LogP contribution >= 0.6 is 12.4 Å². The monoisotopic (exact) mass is 354 g/mol. The number of nitrogens with one attached hydrogen (secondary N) is 1. The Bertz CT molecular complexity index is 490. The number of carbonyl (C=O) groups is 1. The SMILES string of the molecule is CC12CC3CC(C)(C1)CC(C(=O)NCC1CCCC(N)C1)(C3)C2.Cl. The van der Waals surface area contributed by atoms with E-state index >= 15 is 0 Å². The van der Waals surface area contributed by atoms with Crippen LogP contribution in [0.25, 0.3) is 0 Å². The molecule has 138 valence electrons. The molecular formula is C20H35ClN2O. The molecule has 5 rings (SSSR count). The molecule has 0 spiro atoms. The summed E-state index contributed by atoms with van der Waals surface area (Å²) < 4.78 is 0. The van der Waals surface area contributed by atoms with E-state index in [4.69, 9.17) is 5.73 Å². The zero-order valence-corrected chi connectivity index (χ0v) is 16.2. The van der Waals surface area contributed by atoms with Gasteiger partial charge in [0.05, 0.1) is 5.41 Å². The second-order valence-electron chi connectivity index (χ2n) is 10.4. The lowest BCUT2D eigenvalue weighted by atomic mass is 9.40. The van der Waals surface area contributed by atoms with E-state index in [0.29, 0.717) is 28.7 Å². The molecule has 5 aliphatic carbocycles. The minimum atomic E-state index is -0.0559. The number of nitrogens with two attached hydrogens (primary N) is 1. The third kappa shape index (κ3) is 3.23. The first-order chi connectivity index (χ1) is 10.8. The van der Waals surface area contributed by atoms with Gasteiger partial charge in [0.15, 0.2) is 0 Å². The summed E-state index contributed by atoms with van der Waals surface area (Å²) in [5.74, 6) is 1.76. The van der Waals surface area contributed by atoms with Crippen molar-refractivity contribution < 1.29 is 4.79 Å². The molecule has 4 unspecified atom stereocenters. The van der Waals surface area contributed by atoms with E-state index in [1.54, 1.807) is 0 Å². The molecule has 0 aromatic rings. The Morgan fingerprint density at radius 1 is 1.08 bits per heavy atom. The van der Waals surface area contributed by atoms with Gasteiger partial charge in [-0.05, 0) is 80.5 Å². The van der Waals surface area contributed by atoms with Crippen LogP contribution in [0, 0.1) is 28.1 Å². The van der Waals surface area contributed by atoms with Gasteiger partial charge in [-0.3, -0.25) is 4.79 Å². The molecule has 0 aliphatic heterocycles. The fraction of sp³-hybridized carbons (Fsp3) is 0.950. The van der Waals surface area contributed by atoms with Crippen LogP contribution in [0.4, 0.5) is 0 Å². The fourth-order valence-electron chi connectivity index (χ4n) is 7.64. The van der Waals surface area contributed by atoms with Gasteiger partial charge in [-0.15, -0.1) is 12.4 Å². The largest absolute Gasteiger partial charge is 0.355 e. The van der Waals surface area contributed by atoms with Gasteiger partial charge in [0, 0.05) is 12.6 Å². The first-order valence-corrected chi connectivity index (χ1v) is 9.84. The van der Waals surface area contributed by atoms with Gasteiger partial charge in [-0.1, -0.05) is 20.3 Å². The molecular weight excluding hydrogens is 320 g/mol. The number of hydrogen-bond donors (Lipinski definition) is 2. The molecule has 4 atom stereocenters. The maximum absolute atomic E-state index is 13.2. The molecule has 0 aromatic heterocycles. The van der Waals surface area contributed by atoms with Crippen LogP contribution in [0.5, 0.6) is 0 Å². The first kappa shape index (κ1) is 18.5. The molecule has 24 heavy (non-hydrogen) atoms. The van der Waals surface area contributed by atoms with Crippen molar-refractivity contribution in [3.8, 4) is 0 Å². The molecule has 4 heteroatoms. The summed E-state index contributed by atoms with van der Waals surface area (Å²) in [5, 5.41) is 3.37. The first-order valence-electron chi connectivity index (χ1n) is 9.84. The molecule has 5 fully saturated rings. The molecule has 1 amide bonds. The van der Waals surface area contributed by atoms with Crippen molar-refractivity contribution in [1.29, 1.82) is 0 Å². The second-order valence-corrected chi connectivity index (χ2v) is 10.4. The van der Waals surface area contributed by atoms with E-state index in [2.05, 4.69) is 19.2 Å². The van der Waals surface area contributed by atoms with Crippen molar-refractivity contribution in [3.63, 3.8) is 0 Å². The van der Waals surface area contributed by atoms with E-state index in [1.165, 1.54) is 32.1 Å². The van der Waals surface area contributed by atoms with Gasteiger partial charge in [0.1, 0.15) is 0 Å². The maximum Gasteiger partial charge on any atom is 0.226 e. The number of carbonyl (C=O) groups excluding carboxylic acids is 1. The summed E-state index contributed by atoms with van der Waals surface area (Å²) in [6.07, 6.45) is 12.2. The molecule has 5 aliphatic rings. The molecule has 0 aromatic carbocycles. The predicted octanol–water partition coefficient (Wildman–Crippen LogP) is 4.04. The van der Waals surface area contributed by atoms with Crippen LogP contribution in [-0.2, 0) is 4.79 Å². The van der Waals surface area contributed by atoms with E-state index < -0.39 is 0 Å². The zero-order valence-electron chi connectivity index (χ0n) is 15.4. The Labute approximate surface area is 153 Å². The van der Waals surface area contributed by atoms with Gasteiger partial charge >= 0.3 is 0 Å². The van der Waals surface area contributed by atoms with Crippen LogP contribution in [0.1, 0.15) is 78.1 Å². The highest BCUT2D eigenvalue weighted by Crippen LogP contribution is 2.69. The van der Waals surface area contributed by atoms with Gasteiger partial charge in [0.2, 0.25) is 5.91 Å². The average Bonchev–Trinajstić information content (AvgIpc) is 2.41. The molecule has 3 nitrogen and oxygen atoms in total. The van der Waals surface area contributed by atoms with E-state index in [9.17, 15) is 4.79 Å². The summed E-state index contributed by atoms with van der Waals surface area (Å²) in [6.45, 7) is 5.74. The van der Waals surface area contributed by atoms with Gasteiger partial charge in [-0.2, -0.15) is 0 Å². The average molecular weight is 355 g/mol. The number of halogens is 1. The predicted molar refractivity (Wildman–Crippen MR) is 100 cm³/mol. The molecule has 0 saturated heterocycles. The summed E-state index contributed by atoms with van der Waals surface area (Å²) >= 11 is 0. The quantitative estimate of drug-likeness (QED) is 0.803. The minimum Gasteiger partial charge on any atom is -0.355 e. The lowest BCUT2D eigenvalue weighted by Gasteiger charge is -2.64. The third-order valence-corrected chi connectivity index (χ3v) is 7.48. The van der Waals surface area contributed by atoms with Crippen molar-refractivity contribution >= 4 is 18.3 Å². The Hall–Kier alpha value is -0.280. The van der Waals surface area contributed by atoms with Crippen LogP contribution < -0.4 is 11.1 Å². The number of rotatable bonds is 3. The van der Waals surface area contributed by atoms with Crippen molar-refractivity contribution in [2.24, 2.45) is 33.8 Å². The van der Waals surface area contributed by atoms with Crippen molar-refractivity contribution in [3.05, 3.63) is 0 Å². The van der Waals surface area contributed by atoms with Crippen molar-refractivity contribution in [2.75, 3.05) is 6.54 Å². The highest BCUT2D eigenvalue weighted by atomic mass is 35.5. The molecule has 5 saturated carbocycles. The summed E-state index contributed by atoms with van der Waals surface area (Å²) in [7, 11) is 0. The number of amides is 1. The highest BCUT2D eigenvalue weighted by molar-refractivity contribution is 5.85. The Kier molecular flexibility index (Phi) is 4.75. The van der Waals surface area contributed by atoms with Crippen LogP contribution in [0.15, 0.2) is 0 Å². The lowest BCUT2D eigenvalue weighted by molar-refractivity contribution is -0.170.